The molecule has 1 heterocycles. The van der Waals surface area contributed by atoms with Gasteiger partial charge in [-0.1, -0.05) is 18.2 Å². The zero-order valence-electron chi connectivity index (χ0n) is 18.3. The minimum atomic E-state index is -0.132. The van der Waals surface area contributed by atoms with Crippen molar-refractivity contribution in [2.45, 2.75) is 20.3 Å². The predicted octanol–water partition coefficient (Wildman–Crippen LogP) is 2.27. The van der Waals surface area contributed by atoms with Gasteiger partial charge in [0, 0.05) is 20.1 Å². The van der Waals surface area contributed by atoms with Crippen LogP contribution in [0.25, 0.3) is 0 Å². The van der Waals surface area contributed by atoms with Crippen molar-refractivity contribution in [3.63, 3.8) is 0 Å². The molecule has 2 fully saturated rings. The predicted molar refractivity (Wildman–Crippen MR) is 131 cm³/mol. The third-order valence-corrected chi connectivity index (χ3v) is 6.27. The van der Waals surface area contributed by atoms with Gasteiger partial charge in [-0.15, -0.1) is 24.0 Å². The molecule has 0 radical (unpaired) electrons. The number of aryl methyl sites for hydroxylation is 2. The van der Waals surface area contributed by atoms with Crippen molar-refractivity contribution in [3.05, 3.63) is 41.5 Å². The molecule has 0 spiro atoms. The molecule has 7 nitrogen and oxygen atoms in total. The summed E-state index contributed by atoms with van der Waals surface area (Å²) in [5.41, 5.74) is 2.35. The minimum absolute atomic E-state index is 0. The summed E-state index contributed by atoms with van der Waals surface area (Å²) in [6.07, 6.45) is 5.19. The quantitative estimate of drug-likeness (QED) is 0.139. The lowest BCUT2D eigenvalue weighted by Crippen LogP contribution is -2.44. The van der Waals surface area contributed by atoms with Crippen LogP contribution in [0.5, 0.6) is 5.75 Å². The molecule has 4 unspecified atom stereocenters. The van der Waals surface area contributed by atoms with Crippen LogP contribution in [-0.4, -0.2) is 56.0 Å². The Morgan fingerprint density at radius 1 is 1.03 bits per heavy atom. The number of imide groups is 1. The van der Waals surface area contributed by atoms with Gasteiger partial charge in [-0.3, -0.25) is 19.5 Å². The number of benzene rings is 1. The van der Waals surface area contributed by atoms with E-state index in [9.17, 15) is 9.59 Å². The van der Waals surface area contributed by atoms with Crippen LogP contribution in [0.2, 0.25) is 0 Å². The lowest BCUT2D eigenvalue weighted by atomic mass is 9.85. The monoisotopic (exact) mass is 538 g/mol. The number of carbonyl (C=O) groups is 2. The van der Waals surface area contributed by atoms with E-state index in [4.69, 9.17) is 4.74 Å². The number of hydrogen-bond acceptors (Lipinski definition) is 4. The van der Waals surface area contributed by atoms with Crippen LogP contribution in [-0.2, 0) is 9.59 Å². The molecule has 1 aromatic carbocycles. The number of likely N-dealkylation sites (tertiary alicyclic amines) is 1. The third kappa shape index (κ3) is 4.88. The lowest BCUT2D eigenvalue weighted by molar-refractivity contribution is -0.140. The van der Waals surface area contributed by atoms with Crippen molar-refractivity contribution < 1.29 is 14.3 Å². The molecule has 1 aromatic rings. The SMILES string of the molecule is CN=C(NCCOc1cc(C)cc(C)c1)NCCN1C(=O)C2C3C=CC(C3)C2C1=O.I. The molecule has 2 N–H and O–H groups in total. The standard InChI is InChI=1S/C23H30N4O3.HI/c1-14-10-15(2)12-18(11-14)30-9-7-26-23(24-3)25-6-8-27-21(28)19-16-4-5-17(13-16)20(19)22(27)29;/h4-5,10-12,16-17,19-20H,6-9,13H2,1-3H3,(H2,24,25,26);1H. The van der Waals surface area contributed by atoms with E-state index in [1.807, 2.05) is 26.0 Å². The molecule has 8 heteroatoms. The number of aliphatic imine (C=N–C) groups is 1. The van der Waals surface area contributed by atoms with Crippen molar-refractivity contribution in [2.24, 2.45) is 28.7 Å². The first-order valence-corrected chi connectivity index (χ1v) is 10.7. The van der Waals surface area contributed by atoms with E-state index in [2.05, 4.69) is 33.8 Å². The molecule has 168 valence electrons. The van der Waals surface area contributed by atoms with Crippen molar-refractivity contribution >= 4 is 41.8 Å². The molecule has 2 amide bonds. The molecule has 2 bridgehead atoms. The number of hydrogen-bond donors (Lipinski definition) is 2. The number of allylic oxidation sites excluding steroid dienone is 2. The van der Waals surface area contributed by atoms with Crippen LogP contribution in [0.4, 0.5) is 0 Å². The van der Waals surface area contributed by atoms with E-state index in [-0.39, 0.29) is 59.5 Å². The molecule has 1 saturated carbocycles. The molecule has 31 heavy (non-hydrogen) atoms. The third-order valence-electron chi connectivity index (χ3n) is 6.27. The fraction of sp³-hybridized carbons (Fsp3) is 0.522. The van der Waals surface area contributed by atoms with Crippen molar-refractivity contribution in [3.8, 4) is 5.75 Å². The number of guanidine groups is 1. The van der Waals surface area contributed by atoms with Gasteiger partial charge < -0.3 is 15.4 Å². The second kappa shape index (κ2) is 10.0. The zero-order valence-corrected chi connectivity index (χ0v) is 20.6. The van der Waals surface area contributed by atoms with E-state index in [1.54, 1.807) is 7.05 Å². The Balaban J connectivity index is 0.00000272. The largest absolute Gasteiger partial charge is 0.492 e. The Kier molecular flexibility index (Phi) is 7.61. The van der Waals surface area contributed by atoms with Gasteiger partial charge in [0.05, 0.1) is 18.4 Å². The summed E-state index contributed by atoms with van der Waals surface area (Å²) in [6, 6.07) is 6.14. The van der Waals surface area contributed by atoms with Gasteiger partial charge in [-0.05, 0) is 55.4 Å². The highest BCUT2D eigenvalue weighted by molar-refractivity contribution is 14.0. The number of halogens is 1. The molecule has 2 aliphatic carbocycles. The van der Waals surface area contributed by atoms with Crippen molar-refractivity contribution in [2.75, 3.05) is 33.3 Å². The summed E-state index contributed by atoms with van der Waals surface area (Å²) in [4.78, 5) is 31.0. The number of nitrogens with one attached hydrogen (secondary N) is 2. The normalized spacial score (nSPS) is 26.2. The summed E-state index contributed by atoms with van der Waals surface area (Å²) in [6.45, 7) is 6.03. The van der Waals surface area contributed by atoms with Gasteiger partial charge in [-0.25, -0.2) is 0 Å². The number of rotatable bonds is 7. The highest BCUT2D eigenvalue weighted by Gasteiger charge is 2.58. The second-order valence-corrected chi connectivity index (χ2v) is 8.43. The number of fused-ring (bicyclic) bond motifs is 5. The number of nitrogens with zero attached hydrogens (tertiary/aromatic N) is 2. The fourth-order valence-electron chi connectivity index (χ4n) is 5.05. The smallest absolute Gasteiger partial charge is 0.233 e. The van der Waals surface area contributed by atoms with Gasteiger partial charge in [0.15, 0.2) is 5.96 Å². The first kappa shape index (κ1) is 23.6. The molecule has 1 saturated heterocycles. The Morgan fingerprint density at radius 2 is 1.61 bits per heavy atom. The Hall–Kier alpha value is -2.10. The van der Waals surface area contributed by atoms with Gasteiger partial charge in [0.25, 0.3) is 0 Å². The zero-order chi connectivity index (χ0) is 21.3. The van der Waals surface area contributed by atoms with Gasteiger partial charge in [0.2, 0.25) is 11.8 Å². The highest BCUT2D eigenvalue weighted by Crippen LogP contribution is 2.52. The molecular weight excluding hydrogens is 507 g/mol. The minimum Gasteiger partial charge on any atom is -0.492 e. The van der Waals surface area contributed by atoms with Crippen LogP contribution in [0.3, 0.4) is 0 Å². The summed E-state index contributed by atoms with van der Waals surface area (Å²) in [5.74, 6) is 1.71. The van der Waals surface area contributed by atoms with Crippen LogP contribution < -0.4 is 15.4 Å². The molecular formula is C23H31IN4O3. The summed E-state index contributed by atoms with van der Waals surface area (Å²) >= 11 is 0. The van der Waals surface area contributed by atoms with E-state index in [0.29, 0.717) is 32.2 Å². The van der Waals surface area contributed by atoms with E-state index in [0.717, 1.165) is 12.2 Å². The Morgan fingerprint density at radius 3 is 2.19 bits per heavy atom. The molecule has 1 aliphatic heterocycles. The van der Waals surface area contributed by atoms with Gasteiger partial charge >= 0.3 is 0 Å². The average molecular weight is 538 g/mol. The number of amides is 2. The van der Waals surface area contributed by atoms with E-state index < -0.39 is 0 Å². The van der Waals surface area contributed by atoms with E-state index in [1.165, 1.54) is 16.0 Å². The summed E-state index contributed by atoms with van der Waals surface area (Å²) in [7, 11) is 1.69. The molecule has 0 aromatic heterocycles. The fourth-order valence-corrected chi connectivity index (χ4v) is 5.05. The summed E-state index contributed by atoms with van der Waals surface area (Å²) in [5, 5.41) is 6.38. The van der Waals surface area contributed by atoms with Crippen molar-refractivity contribution in [1.82, 2.24) is 15.5 Å². The van der Waals surface area contributed by atoms with Crippen LogP contribution in [0.15, 0.2) is 35.3 Å². The van der Waals surface area contributed by atoms with Gasteiger partial charge in [0.1, 0.15) is 12.4 Å². The maximum atomic E-state index is 12.7. The highest BCUT2D eigenvalue weighted by atomic mass is 127. The number of carbonyl (C=O) groups excluding carboxylic acids is 2. The maximum absolute atomic E-state index is 12.7. The van der Waals surface area contributed by atoms with Crippen molar-refractivity contribution in [1.29, 1.82) is 0 Å². The maximum Gasteiger partial charge on any atom is 0.233 e. The van der Waals surface area contributed by atoms with Crippen LogP contribution >= 0.6 is 24.0 Å². The van der Waals surface area contributed by atoms with E-state index >= 15 is 0 Å². The Labute approximate surface area is 200 Å². The second-order valence-electron chi connectivity index (χ2n) is 8.43. The average Bonchev–Trinajstić information content (AvgIpc) is 3.38. The first-order chi connectivity index (χ1) is 14.5. The molecule has 4 atom stereocenters. The molecule has 3 aliphatic rings. The lowest BCUT2D eigenvalue weighted by Gasteiger charge is -2.18. The Bertz CT molecular complexity index is 851. The number of ether oxygens (including phenoxy) is 1. The topological polar surface area (TPSA) is 83.0 Å². The first-order valence-electron chi connectivity index (χ1n) is 10.7. The van der Waals surface area contributed by atoms with Gasteiger partial charge in [-0.2, -0.15) is 0 Å². The van der Waals surface area contributed by atoms with Crippen LogP contribution in [0.1, 0.15) is 17.5 Å². The molecule has 4 rings (SSSR count). The van der Waals surface area contributed by atoms with Crippen LogP contribution in [0, 0.1) is 37.5 Å². The summed E-state index contributed by atoms with van der Waals surface area (Å²) < 4.78 is 5.80.